The summed E-state index contributed by atoms with van der Waals surface area (Å²) >= 11 is 0. The molecule has 2 aromatic rings. The molecule has 0 spiro atoms. The number of fused-ring (bicyclic) bond motifs is 1. The molecule has 2 N–H and O–H groups in total. The summed E-state index contributed by atoms with van der Waals surface area (Å²) < 4.78 is 26.3. The van der Waals surface area contributed by atoms with Crippen LogP contribution in [0.3, 0.4) is 0 Å². The minimum absolute atomic E-state index is 0.0999. The van der Waals surface area contributed by atoms with Gasteiger partial charge in [-0.15, -0.1) is 0 Å². The standard InChI is InChI=1S/C17H20F2N2O/c18-16(19)11-14(21-9-7-20-8-10-21)17-13-4-2-1-3-12(13)5-6-15(17)22/h1-6,14,16,20,22H,7-11H2/t14-/m0/s1. The van der Waals surface area contributed by atoms with Crippen LogP contribution in [0.1, 0.15) is 18.0 Å². The molecular weight excluding hydrogens is 286 g/mol. The topological polar surface area (TPSA) is 35.5 Å². The van der Waals surface area contributed by atoms with Crippen LogP contribution in [0.5, 0.6) is 5.75 Å². The summed E-state index contributed by atoms with van der Waals surface area (Å²) in [5.41, 5.74) is 0.625. The average molecular weight is 306 g/mol. The summed E-state index contributed by atoms with van der Waals surface area (Å²) in [6, 6.07) is 10.6. The number of phenols is 1. The van der Waals surface area contributed by atoms with Gasteiger partial charge in [0, 0.05) is 44.2 Å². The molecule has 0 bridgehead atoms. The Hall–Kier alpha value is -1.72. The second kappa shape index (κ2) is 6.58. The number of alkyl halides is 2. The van der Waals surface area contributed by atoms with E-state index in [1.54, 1.807) is 6.07 Å². The van der Waals surface area contributed by atoms with Gasteiger partial charge in [-0.1, -0.05) is 30.3 Å². The van der Waals surface area contributed by atoms with Gasteiger partial charge >= 0.3 is 0 Å². The van der Waals surface area contributed by atoms with Crippen molar-refractivity contribution in [1.82, 2.24) is 10.2 Å². The third-order valence-electron chi connectivity index (χ3n) is 4.27. The third kappa shape index (κ3) is 3.05. The van der Waals surface area contributed by atoms with E-state index in [1.807, 2.05) is 35.2 Å². The molecule has 3 rings (SSSR count). The van der Waals surface area contributed by atoms with Gasteiger partial charge in [0.25, 0.3) is 0 Å². The van der Waals surface area contributed by atoms with Gasteiger partial charge < -0.3 is 10.4 Å². The van der Waals surface area contributed by atoms with Crippen molar-refractivity contribution in [2.45, 2.75) is 18.9 Å². The van der Waals surface area contributed by atoms with Crippen molar-refractivity contribution in [2.24, 2.45) is 0 Å². The van der Waals surface area contributed by atoms with E-state index < -0.39 is 12.5 Å². The maximum absolute atomic E-state index is 13.1. The molecule has 0 saturated carbocycles. The van der Waals surface area contributed by atoms with E-state index in [-0.39, 0.29) is 12.2 Å². The Kier molecular flexibility index (Phi) is 4.55. The van der Waals surface area contributed by atoms with Crippen LogP contribution in [-0.4, -0.2) is 42.6 Å². The smallest absolute Gasteiger partial charge is 0.240 e. The molecule has 1 heterocycles. The third-order valence-corrected chi connectivity index (χ3v) is 4.27. The molecule has 0 aliphatic carbocycles. The van der Waals surface area contributed by atoms with Crippen LogP contribution in [0, 0.1) is 0 Å². The highest BCUT2D eigenvalue weighted by atomic mass is 19.3. The fourth-order valence-electron chi connectivity index (χ4n) is 3.25. The predicted octanol–water partition coefficient (Wildman–Crippen LogP) is 3.15. The van der Waals surface area contributed by atoms with Crippen molar-refractivity contribution in [3.8, 4) is 5.75 Å². The lowest BCUT2D eigenvalue weighted by Crippen LogP contribution is -2.45. The van der Waals surface area contributed by atoms with Gasteiger partial charge in [-0.25, -0.2) is 8.78 Å². The normalized spacial score (nSPS) is 18.0. The number of rotatable bonds is 4. The number of piperazine rings is 1. The maximum Gasteiger partial charge on any atom is 0.240 e. The lowest BCUT2D eigenvalue weighted by Gasteiger charge is -2.36. The molecular formula is C17H20F2N2O. The minimum Gasteiger partial charge on any atom is -0.508 e. The summed E-state index contributed by atoms with van der Waals surface area (Å²) in [4.78, 5) is 2.05. The number of hydrogen-bond donors (Lipinski definition) is 2. The summed E-state index contributed by atoms with van der Waals surface area (Å²) in [5, 5.41) is 15.4. The molecule has 1 atom stereocenters. The lowest BCUT2D eigenvalue weighted by molar-refractivity contribution is 0.0736. The number of halogens is 2. The van der Waals surface area contributed by atoms with E-state index in [4.69, 9.17) is 0 Å². The van der Waals surface area contributed by atoms with Crippen LogP contribution in [0.25, 0.3) is 10.8 Å². The number of hydrogen-bond acceptors (Lipinski definition) is 3. The van der Waals surface area contributed by atoms with Crippen molar-refractivity contribution in [1.29, 1.82) is 0 Å². The Morgan fingerprint density at radius 3 is 2.55 bits per heavy atom. The molecule has 1 saturated heterocycles. The highest BCUT2D eigenvalue weighted by molar-refractivity contribution is 5.88. The Morgan fingerprint density at radius 2 is 1.82 bits per heavy atom. The summed E-state index contributed by atoms with van der Waals surface area (Å²) in [5.74, 6) is 0.0999. The van der Waals surface area contributed by atoms with E-state index >= 15 is 0 Å². The zero-order valence-electron chi connectivity index (χ0n) is 12.3. The molecule has 118 valence electrons. The van der Waals surface area contributed by atoms with Gasteiger partial charge in [-0.3, -0.25) is 4.90 Å². The summed E-state index contributed by atoms with van der Waals surface area (Å²) in [6.45, 7) is 2.98. The number of nitrogens with one attached hydrogen (secondary N) is 1. The molecule has 5 heteroatoms. The van der Waals surface area contributed by atoms with Crippen LogP contribution in [0.4, 0.5) is 8.78 Å². The Bertz CT molecular complexity index is 642. The average Bonchev–Trinajstić information content (AvgIpc) is 2.54. The maximum atomic E-state index is 13.1. The first-order valence-corrected chi connectivity index (χ1v) is 7.60. The van der Waals surface area contributed by atoms with Crippen LogP contribution in [-0.2, 0) is 0 Å². The van der Waals surface area contributed by atoms with Crippen molar-refractivity contribution in [3.63, 3.8) is 0 Å². The Labute approximate surface area is 128 Å². The molecule has 0 amide bonds. The molecule has 0 unspecified atom stereocenters. The van der Waals surface area contributed by atoms with Gasteiger partial charge in [0.05, 0.1) is 0 Å². The first-order valence-electron chi connectivity index (χ1n) is 7.60. The summed E-state index contributed by atoms with van der Waals surface area (Å²) in [6.07, 6.45) is -2.67. The molecule has 0 aromatic heterocycles. The van der Waals surface area contributed by atoms with Crippen molar-refractivity contribution < 1.29 is 13.9 Å². The Morgan fingerprint density at radius 1 is 1.09 bits per heavy atom. The van der Waals surface area contributed by atoms with Crippen LogP contribution < -0.4 is 5.32 Å². The highest BCUT2D eigenvalue weighted by Crippen LogP contribution is 2.38. The van der Waals surface area contributed by atoms with Crippen LogP contribution in [0.2, 0.25) is 0 Å². The van der Waals surface area contributed by atoms with Gasteiger partial charge in [0.2, 0.25) is 6.43 Å². The summed E-state index contributed by atoms with van der Waals surface area (Å²) in [7, 11) is 0. The number of phenolic OH excluding ortho intramolecular Hbond substituents is 1. The van der Waals surface area contributed by atoms with Gasteiger partial charge in [-0.05, 0) is 16.8 Å². The molecule has 1 aliphatic rings. The second-order valence-electron chi connectivity index (χ2n) is 5.65. The molecule has 3 nitrogen and oxygen atoms in total. The largest absolute Gasteiger partial charge is 0.508 e. The molecule has 2 aromatic carbocycles. The monoisotopic (exact) mass is 306 g/mol. The van der Waals surface area contributed by atoms with Gasteiger partial charge in [0.1, 0.15) is 5.75 Å². The van der Waals surface area contributed by atoms with Crippen molar-refractivity contribution in [2.75, 3.05) is 26.2 Å². The van der Waals surface area contributed by atoms with E-state index in [2.05, 4.69) is 5.32 Å². The molecule has 22 heavy (non-hydrogen) atoms. The second-order valence-corrected chi connectivity index (χ2v) is 5.65. The van der Waals surface area contributed by atoms with Crippen molar-refractivity contribution >= 4 is 10.8 Å². The van der Waals surface area contributed by atoms with Gasteiger partial charge in [0.15, 0.2) is 0 Å². The van der Waals surface area contributed by atoms with E-state index in [0.717, 1.165) is 23.9 Å². The number of nitrogens with zero attached hydrogens (tertiary/aromatic N) is 1. The predicted molar refractivity (Wildman–Crippen MR) is 83.4 cm³/mol. The molecule has 1 fully saturated rings. The number of benzene rings is 2. The van der Waals surface area contributed by atoms with E-state index in [1.165, 1.54) is 0 Å². The number of aromatic hydroxyl groups is 1. The fourth-order valence-corrected chi connectivity index (χ4v) is 3.25. The Balaban J connectivity index is 2.08. The quantitative estimate of drug-likeness (QED) is 0.911. The van der Waals surface area contributed by atoms with Crippen LogP contribution in [0.15, 0.2) is 36.4 Å². The minimum atomic E-state index is -2.40. The highest BCUT2D eigenvalue weighted by Gasteiger charge is 2.28. The SMILES string of the molecule is Oc1ccc2ccccc2c1[C@H](CC(F)F)N1CCNCC1. The fraction of sp³-hybridized carbons (Fsp3) is 0.412. The molecule has 0 radical (unpaired) electrons. The zero-order valence-corrected chi connectivity index (χ0v) is 12.3. The first-order chi connectivity index (χ1) is 10.7. The molecule has 1 aliphatic heterocycles. The van der Waals surface area contributed by atoms with E-state index in [9.17, 15) is 13.9 Å². The van der Waals surface area contributed by atoms with Crippen LogP contribution >= 0.6 is 0 Å². The van der Waals surface area contributed by atoms with Gasteiger partial charge in [-0.2, -0.15) is 0 Å². The lowest BCUT2D eigenvalue weighted by atomic mass is 9.94. The zero-order chi connectivity index (χ0) is 15.5. The first kappa shape index (κ1) is 15.2. The van der Waals surface area contributed by atoms with Crippen molar-refractivity contribution in [3.05, 3.63) is 42.0 Å². The van der Waals surface area contributed by atoms with E-state index in [0.29, 0.717) is 18.7 Å².